The second-order valence-electron chi connectivity index (χ2n) is 7.15. The first-order valence-electron chi connectivity index (χ1n) is 9.38. The second-order valence-corrected chi connectivity index (χ2v) is 7.15. The van der Waals surface area contributed by atoms with E-state index < -0.39 is 23.6 Å². The molecule has 2 aromatic rings. The van der Waals surface area contributed by atoms with E-state index in [9.17, 15) is 22.4 Å². The lowest BCUT2D eigenvalue weighted by Crippen LogP contribution is -2.31. The first kappa shape index (κ1) is 21.6. The predicted molar refractivity (Wildman–Crippen MR) is 106 cm³/mol. The standard InChI is InChI=1S/C19H22F4N6O/c1-28(2)16-15(11-24-17(27-16)29-6-4-3-5-7-29)26-18(30)25-14-9-12(19(21,22)23)8-13(20)10-14/h8-11H,3-7H2,1-2H3,(H2,25,26,30). The third-order valence-electron chi connectivity index (χ3n) is 4.55. The molecule has 1 aromatic carbocycles. The number of piperidine rings is 1. The Balaban J connectivity index is 1.77. The maximum atomic E-state index is 13.5. The molecule has 7 nitrogen and oxygen atoms in total. The van der Waals surface area contributed by atoms with Gasteiger partial charge in [-0.2, -0.15) is 18.2 Å². The fourth-order valence-electron chi connectivity index (χ4n) is 3.15. The molecule has 1 aromatic heterocycles. The molecule has 30 heavy (non-hydrogen) atoms. The Hall–Kier alpha value is -3.11. The maximum absolute atomic E-state index is 13.5. The highest BCUT2D eigenvalue weighted by atomic mass is 19.4. The largest absolute Gasteiger partial charge is 0.416 e. The van der Waals surface area contributed by atoms with Crippen LogP contribution in [0.4, 0.5) is 45.5 Å². The van der Waals surface area contributed by atoms with Gasteiger partial charge in [0.15, 0.2) is 5.82 Å². The zero-order valence-corrected chi connectivity index (χ0v) is 16.6. The Labute approximate surface area is 171 Å². The maximum Gasteiger partial charge on any atom is 0.416 e. The molecule has 2 heterocycles. The van der Waals surface area contributed by atoms with Crippen LogP contribution >= 0.6 is 0 Å². The number of amides is 2. The van der Waals surface area contributed by atoms with E-state index in [2.05, 4.69) is 25.5 Å². The van der Waals surface area contributed by atoms with E-state index in [1.807, 2.05) is 0 Å². The number of anilines is 4. The molecule has 0 bridgehead atoms. The monoisotopic (exact) mass is 426 g/mol. The SMILES string of the molecule is CN(C)c1nc(N2CCCCC2)ncc1NC(=O)Nc1cc(F)cc(C(F)(F)F)c1. The Kier molecular flexibility index (Phi) is 6.28. The number of halogens is 4. The minimum Gasteiger partial charge on any atom is -0.361 e. The molecule has 1 aliphatic rings. The number of carbonyl (C=O) groups is 1. The van der Waals surface area contributed by atoms with Crippen LogP contribution < -0.4 is 20.4 Å². The van der Waals surface area contributed by atoms with Crippen LogP contribution in [-0.2, 0) is 6.18 Å². The van der Waals surface area contributed by atoms with E-state index in [0.717, 1.165) is 38.4 Å². The summed E-state index contributed by atoms with van der Waals surface area (Å²) in [6, 6.07) is 0.981. The molecule has 0 unspecified atom stereocenters. The fourth-order valence-corrected chi connectivity index (χ4v) is 3.15. The van der Waals surface area contributed by atoms with Crippen molar-refractivity contribution < 1.29 is 22.4 Å². The molecule has 11 heteroatoms. The van der Waals surface area contributed by atoms with Gasteiger partial charge in [-0.1, -0.05) is 0 Å². The van der Waals surface area contributed by atoms with Crippen LogP contribution in [-0.4, -0.2) is 43.2 Å². The molecule has 0 atom stereocenters. The molecule has 3 rings (SSSR count). The highest BCUT2D eigenvalue weighted by molar-refractivity contribution is 6.01. The normalized spacial score (nSPS) is 14.4. The van der Waals surface area contributed by atoms with Gasteiger partial charge in [-0.05, 0) is 37.5 Å². The van der Waals surface area contributed by atoms with Crippen LogP contribution in [0.1, 0.15) is 24.8 Å². The molecule has 0 radical (unpaired) electrons. The van der Waals surface area contributed by atoms with Crippen molar-refractivity contribution >= 4 is 29.2 Å². The molecule has 0 spiro atoms. The predicted octanol–water partition coefficient (Wildman–Crippen LogP) is 4.33. The Morgan fingerprint density at radius 2 is 1.80 bits per heavy atom. The van der Waals surface area contributed by atoms with Gasteiger partial charge in [0.25, 0.3) is 0 Å². The van der Waals surface area contributed by atoms with Gasteiger partial charge >= 0.3 is 12.2 Å². The number of carbonyl (C=O) groups excluding carboxylic acids is 1. The first-order valence-corrected chi connectivity index (χ1v) is 9.38. The molecule has 2 amide bonds. The van der Waals surface area contributed by atoms with Gasteiger partial charge in [-0.3, -0.25) is 0 Å². The number of aromatic nitrogens is 2. The molecule has 1 fully saturated rings. The average Bonchev–Trinajstić information content (AvgIpc) is 2.67. The van der Waals surface area contributed by atoms with Crippen LogP contribution in [0.15, 0.2) is 24.4 Å². The number of rotatable bonds is 4. The fraction of sp³-hybridized carbons (Fsp3) is 0.421. The van der Waals surface area contributed by atoms with E-state index in [1.54, 1.807) is 19.0 Å². The highest BCUT2D eigenvalue weighted by Crippen LogP contribution is 2.32. The van der Waals surface area contributed by atoms with Crippen LogP contribution in [0.2, 0.25) is 0 Å². The van der Waals surface area contributed by atoms with E-state index >= 15 is 0 Å². The summed E-state index contributed by atoms with van der Waals surface area (Å²) in [5.41, 5.74) is -1.25. The number of benzene rings is 1. The zero-order chi connectivity index (χ0) is 21.9. The third-order valence-corrected chi connectivity index (χ3v) is 4.55. The lowest BCUT2D eigenvalue weighted by molar-refractivity contribution is -0.137. The van der Waals surface area contributed by atoms with Crippen molar-refractivity contribution in [3.05, 3.63) is 35.8 Å². The topological polar surface area (TPSA) is 73.4 Å². The Morgan fingerprint density at radius 1 is 1.10 bits per heavy atom. The minimum absolute atomic E-state index is 0.269. The van der Waals surface area contributed by atoms with Crippen molar-refractivity contribution in [2.45, 2.75) is 25.4 Å². The number of hydrogen-bond donors (Lipinski definition) is 2. The van der Waals surface area contributed by atoms with Gasteiger partial charge in [0, 0.05) is 32.9 Å². The van der Waals surface area contributed by atoms with Crippen molar-refractivity contribution in [3.8, 4) is 0 Å². The number of nitrogens with one attached hydrogen (secondary N) is 2. The molecular formula is C19H22F4N6O. The lowest BCUT2D eigenvalue weighted by Gasteiger charge is -2.28. The van der Waals surface area contributed by atoms with Gasteiger partial charge in [-0.25, -0.2) is 14.2 Å². The van der Waals surface area contributed by atoms with Gasteiger partial charge < -0.3 is 20.4 Å². The van der Waals surface area contributed by atoms with Crippen molar-refractivity contribution in [3.63, 3.8) is 0 Å². The number of nitrogens with zero attached hydrogens (tertiary/aromatic N) is 4. The smallest absolute Gasteiger partial charge is 0.361 e. The van der Waals surface area contributed by atoms with Crippen molar-refractivity contribution in [2.75, 3.05) is 47.6 Å². The molecule has 1 aliphatic heterocycles. The Bertz CT molecular complexity index is 912. The quantitative estimate of drug-likeness (QED) is 0.712. The average molecular weight is 426 g/mol. The number of urea groups is 1. The lowest BCUT2D eigenvalue weighted by atomic mass is 10.1. The van der Waals surface area contributed by atoms with Gasteiger partial charge in [0.05, 0.1) is 11.8 Å². The summed E-state index contributed by atoms with van der Waals surface area (Å²) in [5.74, 6) is -0.122. The molecule has 162 valence electrons. The summed E-state index contributed by atoms with van der Waals surface area (Å²) in [4.78, 5) is 24.9. The summed E-state index contributed by atoms with van der Waals surface area (Å²) >= 11 is 0. The summed E-state index contributed by atoms with van der Waals surface area (Å²) in [6.45, 7) is 1.70. The van der Waals surface area contributed by atoms with E-state index in [1.165, 1.54) is 6.20 Å². The van der Waals surface area contributed by atoms with Crippen LogP contribution in [0.25, 0.3) is 0 Å². The second kappa shape index (κ2) is 8.72. The minimum atomic E-state index is -4.73. The van der Waals surface area contributed by atoms with E-state index in [-0.39, 0.29) is 11.4 Å². The van der Waals surface area contributed by atoms with Crippen LogP contribution in [0.3, 0.4) is 0 Å². The van der Waals surface area contributed by atoms with Gasteiger partial charge in [0.1, 0.15) is 11.5 Å². The first-order chi connectivity index (χ1) is 14.1. The summed E-state index contributed by atoms with van der Waals surface area (Å²) in [7, 11) is 3.49. The van der Waals surface area contributed by atoms with Gasteiger partial charge in [-0.15, -0.1) is 0 Å². The van der Waals surface area contributed by atoms with E-state index in [4.69, 9.17) is 0 Å². The number of hydrogen-bond acceptors (Lipinski definition) is 5. The van der Waals surface area contributed by atoms with Gasteiger partial charge in [0.2, 0.25) is 5.95 Å². The van der Waals surface area contributed by atoms with E-state index in [0.29, 0.717) is 23.9 Å². The highest BCUT2D eigenvalue weighted by Gasteiger charge is 2.31. The number of alkyl halides is 3. The molecule has 1 saturated heterocycles. The van der Waals surface area contributed by atoms with Crippen molar-refractivity contribution in [2.24, 2.45) is 0 Å². The molecular weight excluding hydrogens is 404 g/mol. The molecule has 2 N–H and O–H groups in total. The zero-order valence-electron chi connectivity index (χ0n) is 16.6. The molecule has 0 saturated carbocycles. The van der Waals surface area contributed by atoms with Crippen LogP contribution in [0, 0.1) is 5.82 Å². The van der Waals surface area contributed by atoms with Crippen LogP contribution in [0.5, 0.6) is 0 Å². The van der Waals surface area contributed by atoms with Crippen molar-refractivity contribution in [1.29, 1.82) is 0 Å². The summed E-state index contributed by atoms with van der Waals surface area (Å²) < 4.78 is 52.1. The Morgan fingerprint density at radius 3 is 2.43 bits per heavy atom. The molecule has 0 aliphatic carbocycles. The summed E-state index contributed by atoms with van der Waals surface area (Å²) in [6.07, 6.45) is -0.0238. The third kappa shape index (κ3) is 5.28. The van der Waals surface area contributed by atoms with Crippen molar-refractivity contribution in [1.82, 2.24) is 9.97 Å². The summed E-state index contributed by atoms with van der Waals surface area (Å²) in [5, 5.41) is 4.72.